The molecule has 204 valence electrons. The molecule has 5 rings (SSSR count). The summed E-state index contributed by atoms with van der Waals surface area (Å²) in [6.07, 6.45) is 0.532. The number of amides is 2. The molecule has 1 N–H and O–H groups in total. The van der Waals surface area contributed by atoms with Gasteiger partial charge in [-0.1, -0.05) is 12.1 Å². The fourth-order valence-electron chi connectivity index (χ4n) is 5.90. The predicted molar refractivity (Wildman–Crippen MR) is 148 cm³/mol. The fraction of sp³-hybridized carbons (Fsp3) is 0.533. The first-order valence-electron chi connectivity index (χ1n) is 13.8. The number of likely N-dealkylation sites (tertiary alicyclic amines) is 1. The van der Waals surface area contributed by atoms with Crippen LogP contribution in [0.2, 0.25) is 0 Å². The summed E-state index contributed by atoms with van der Waals surface area (Å²) >= 11 is 0. The minimum atomic E-state index is -0.585. The van der Waals surface area contributed by atoms with Gasteiger partial charge in [-0.05, 0) is 82.6 Å². The third kappa shape index (κ3) is 5.32. The number of hydrogen-bond donors (Lipinski definition) is 1. The van der Waals surface area contributed by atoms with E-state index in [4.69, 9.17) is 9.47 Å². The van der Waals surface area contributed by atoms with Gasteiger partial charge in [0.05, 0.1) is 18.7 Å². The normalized spacial score (nSPS) is 23.3. The lowest BCUT2D eigenvalue weighted by atomic mass is 9.79. The lowest BCUT2D eigenvalue weighted by molar-refractivity contribution is 0.0198. The smallest absolute Gasteiger partial charge is 0.410 e. The van der Waals surface area contributed by atoms with Gasteiger partial charge < -0.3 is 29.5 Å². The molecule has 0 aliphatic carbocycles. The molecule has 8 nitrogen and oxygen atoms in total. The van der Waals surface area contributed by atoms with E-state index in [1.807, 2.05) is 67.8 Å². The molecular weight excluding hydrogens is 480 g/mol. The average Bonchev–Trinajstić information content (AvgIpc) is 3.34. The highest BCUT2D eigenvalue weighted by atomic mass is 16.6. The van der Waals surface area contributed by atoms with E-state index >= 15 is 0 Å². The Morgan fingerprint density at radius 3 is 2.37 bits per heavy atom. The third-order valence-electron chi connectivity index (χ3n) is 7.77. The van der Waals surface area contributed by atoms with Gasteiger partial charge in [0.1, 0.15) is 11.4 Å². The van der Waals surface area contributed by atoms with Gasteiger partial charge in [0.2, 0.25) is 0 Å². The lowest BCUT2D eigenvalue weighted by Crippen LogP contribution is -2.47. The van der Waals surface area contributed by atoms with Crippen molar-refractivity contribution in [1.82, 2.24) is 14.7 Å². The Morgan fingerprint density at radius 1 is 1.00 bits per heavy atom. The number of hydrogen-bond acceptors (Lipinski definition) is 6. The summed E-state index contributed by atoms with van der Waals surface area (Å²) in [5.74, 6) is 1.03. The molecule has 0 radical (unpaired) electrons. The predicted octanol–water partition coefficient (Wildman–Crippen LogP) is 4.94. The van der Waals surface area contributed by atoms with Crippen LogP contribution in [0, 0.1) is 5.92 Å². The summed E-state index contributed by atoms with van der Waals surface area (Å²) in [7, 11) is 2.08. The first-order chi connectivity index (χ1) is 18.1. The molecule has 8 heteroatoms. The van der Waals surface area contributed by atoms with Crippen LogP contribution >= 0.6 is 0 Å². The third-order valence-corrected chi connectivity index (χ3v) is 7.77. The summed E-state index contributed by atoms with van der Waals surface area (Å²) < 4.78 is 11.5. The Hall–Kier alpha value is -3.26. The molecule has 2 aromatic carbocycles. The van der Waals surface area contributed by atoms with Crippen LogP contribution in [-0.4, -0.2) is 78.7 Å². The van der Waals surface area contributed by atoms with Crippen molar-refractivity contribution in [2.75, 3.05) is 51.7 Å². The van der Waals surface area contributed by atoms with Gasteiger partial charge in [-0.15, -0.1) is 0 Å². The Labute approximate surface area is 225 Å². The SMILES string of the molecule is CCOc1ccc(C2Nc3ccc(C(=O)N4CCN(C)CC4)cc3C3C2CCN3C(=O)OC(C)(C)C)cc1. The van der Waals surface area contributed by atoms with Crippen molar-refractivity contribution >= 4 is 17.7 Å². The highest BCUT2D eigenvalue weighted by Crippen LogP contribution is 2.52. The Kier molecular flexibility index (Phi) is 7.27. The summed E-state index contributed by atoms with van der Waals surface area (Å²) in [4.78, 5) is 32.8. The van der Waals surface area contributed by atoms with Crippen LogP contribution in [0.3, 0.4) is 0 Å². The number of anilines is 1. The maximum absolute atomic E-state index is 13.4. The molecule has 3 aliphatic heterocycles. The number of carbonyl (C=O) groups is 2. The number of rotatable bonds is 4. The molecule has 3 unspecified atom stereocenters. The van der Waals surface area contributed by atoms with E-state index in [9.17, 15) is 9.59 Å². The number of piperazine rings is 1. The summed E-state index contributed by atoms with van der Waals surface area (Å²) in [6.45, 7) is 12.1. The molecule has 3 aliphatic rings. The molecule has 2 aromatic rings. The van der Waals surface area contributed by atoms with E-state index in [0.717, 1.165) is 55.2 Å². The number of nitrogens with zero attached hydrogens (tertiary/aromatic N) is 3. The zero-order chi connectivity index (χ0) is 27.0. The largest absolute Gasteiger partial charge is 0.494 e. The second-order valence-corrected chi connectivity index (χ2v) is 11.6. The van der Waals surface area contributed by atoms with E-state index in [1.165, 1.54) is 0 Å². The summed E-state index contributed by atoms with van der Waals surface area (Å²) in [6, 6.07) is 14.0. The molecule has 0 bridgehead atoms. The van der Waals surface area contributed by atoms with Crippen molar-refractivity contribution in [3.05, 3.63) is 59.2 Å². The van der Waals surface area contributed by atoms with Crippen molar-refractivity contribution < 1.29 is 19.1 Å². The van der Waals surface area contributed by atoms with Crippen LogP contribution in [-0.2, 0) is 4.74 Å². The number of nitrogens with one attached hydrogen (secondary N) is 1. The van der Waals surface area contributed by atoms with E-state index in [-0.39, 0.29) is 30.0 Å². The molecule has 3 heterocycles. The number of fused-ring (bicyclic) bond motifs is 3. The van der Waals surface area contributed by atoms with Crippen molar-refractivity contribution in [2.45, 2.75) is 51.8 Å². The van der Waals surface area contributed by atoms with E-state index in [0.29, 0.717) is 18.7 Å². The van der Waals surface area contributed by atoms with Crippen molar-refractivity contribution in [2.24, 2.45) is 5.92 Å². The quantitative estimate of drug-likeness (QED) is 0.616. The fourth-order valence-corrected chi connectivity index (χ4v) is 5.90. The summed E-state index contributed by atoms with van der Waals surface area (Å²) in [5, 5.41) is 3.74. The van der Waals surface area contributed by atoms with Crippen LogP contribution in [0.15, 0.2) is 42.5 Å². The molecule has 2 saturated heterocycles. The van der Waals surface area contributed by atoms with Crippen molar-refractivity contribution in [3.8, 4) is 5.75 Å². The Balaban J connectivity index is 1.49. The van der Waals surface area contributed by atoms with E-state index in [1.54, 1.807) is 0 Å². The van der Waals surface area contributed by atoms with E-state index < -0.39 is 5.60 Å². The molecular formula is C30H40N4O4. The standard InChI is InChI=1S/C30H40N4O4/c1-6-37-22-10-7-20(8-11-22)26-23-13-14-34(29(36)38-30(2,3)4)27(23)24-19-21(9-12-25(24)31-26)28(35)33-17-15-32(5)16-18-33/h7-12,19,23,26-27,31H,6,13-18H2,1-5H3. The maximum atomic E-state index is 13.4. The van der Waals surface area contributed by atoms with Crippen LogP contribution in [0.5, 0.6) is 5.75 Å². The van der Waals surface area contributed by atoms with Gasteiger partial charge in [-0.2, -0.15) is 0 Å². The van der Waals surface area contributed by atoms with Crippen LogP contribution in [0.25, 0.3) is 0 Å². The number of carbonyl (C=O) groups excluding carboxylic acids is 2. The minimum absolute atomic E-state index is 0.0230. The maximum Gasteiger partial charge on any atom is 0.410 e. The van der Waals surface area contributed by atoms with Gasteiger partial charge in [0, 0.05) is 49.9 Å². The van der Waals surface area contributed by atoms with Crippen LogP contribution < -0.4 is 10.1 Å². The minimum Gasteiger partial charge on any atom is -0.494 e. The van der Waals surface area contributed by atoms with E-state index in [2.05, 4.69) is 29.4 Å². The first kappa shape index (κ1) is 26.4. The Bertz CT molecular complexity index is 1170. The first-order valence-corrected chi connectivity index (χ1v) is 13.8. The molecule has 3 atom stereocenters. The molecule has 0 aromatic heterocycles. The zero-order valence-electron chi connectivity index (χ0n) is 23.2. The number of likely N-dealkylation sites (N-methyl/N-ethyl adjacent to an activating group) is 1. The van der Waals surface area contributed by atoms with Crippen molar-refractivity contribution in [3.63, 3.8) is 0 Å². The number of benzene rings is 2. The molecule has 38 heavy (non-hydrogen) atoms. The second-order valence-electron chi connectivity index (χ2n) is 11.6. The van der Waals surface area contributed by atoms with Crippen molar-refractivity contribution in [1.29, 1.82) is 0 Å². The number of ether oxygens (including phenoxy) is 2. The highest BCUT2D eigenvalue weighted by Gasteiger charge is 2.47. The van der Waals surface area contributed by atoms with Crippen LogP contribution in [0.4, 0.5) is 10.5 Å². The van der Waals surface area contributed by atoms with Gasteiger partial charge in [-0.25, -0.2) is 4.79 Å². The van der Waals surface area contributed by atoms with Gasteiger partial charge >= 0.3 is 6.09 Å². The Morgan fingerprint density at radius 2 is 1.71 bits per heavy atom. The average molecular weight is 521 g/mol. The molecule has 2 fully saturated rings. The van der Waals surface area contributed by atoms with Crippen LogP contribution in [0.1, 0.15) is 67.7 Å². The van der Waals surface area contributed by atoms with Gasteiger partial charge in [0.25, 0.3) is 5.91 Å². The molecule has 0 spiro atoms. The molecule has 2 amide bonds. The highest BCUT2D eigenvalue weighted by molar-refractivity contribution is 5.95. The zero-order valence-corrected chi connectivity index (χ0v) is 23.2. The van der Waals surface area contributed by atoms with Gasteiger partial charge in [-0.3, -0.25) is 4.79 Å². The lowest BCUT2D eigenvalue weighted by Gasteiger charge is -2.40. The summed E-state index contributed by atoms with van der Waals surface area (Å²) in [5.41, 5.74) is 3.18. The monoisotopic (exact) mass is 520 g/mol. The second kappa shape index (κ2) is 10.5. The topological polar surface area (TPSA) is 74.4 Å². The molecule has 0 saturated carbocycles. The van der Waals surface area contributed by atoms with Gasteiger partial charge in [0.15, 0.2) is 0 Å².